The summed E-state index contributed by atoms with van der Waals surface area (Å²) in [6, 6.07) is 7.32. The summed E-state index contributed by atoms with van der Waals surface area (Å²) in [6.45, 7) is 7.56. The molecule has 2 atom stereocenters. The second-order valence-electron chi connectivity index (χ2n) is 9.01. The second kappa shape index (κ2) is 9.21. The van der Waals surface area contributed by atoms with Crippen molar-refractivity contribution in [2.75, 3.05) is 23.3 Å². The van der Waals surface area contributed by atoms with Crippen LogP contribution in [0.15, 0.2) is 49.3 Å². The van der Waals surface area contributed by atoms with Crippen LogP contribution < -0.4 is 20.3 Å². The van der Waals surface area contributed by atoms with E-state index < -0.39 is 5.82 Å². The molecule has 0 aliphatic carbocycles. The van der Waals surface area contributed by atoms with E-state index in [-0.39, 0.29) is 11.7 Å². The summed E-state index contributed by atoms with van der Waals surface area (Å²) >= 11 is 0. The molecule has 0 unspecified atom stereocenters. The van der Waals surface area contributed by atoms with Crippen LogP contribution in [0.1, 0.15) is 19.4 Å². The van der Waals surface area contributed by atoms with Gasteiger partial charge in [-0.1, -0.05) is 0 Å². The predicted molar refractivity (Wildman–Crippen MR) is 137 cm³/mol. The first kappa shape index (κ1) is 23.0. The zero-order valence-corrected chi connectivity index (χ0v) is 20.6. The Morgan fingerprint density at radius 2 is 2.00 bits per heavy atom. The van der Waals surface area contributed by atoms with Crippen LogP contribution in [0.5, 0.6) is 11.5 Å². The number of pyridine rings is 1. The van der Waals surface area contributed by atoms with Gasteiger partial charge in [-0.25, -0.2) is 33.8 Å². The van der Waals surface area contributed by atoms with Crippen molar-refractivity contribution in [1.82, 2.24) is 39.9 Å². The molecule has 11 nitrogen and oxygen atoms in total. The smallest absolute Gasteiger partial charge is 0.226 e. The van der Waals surface area contributed by atoms with Crippen molar-refractivity contribution in [3.05, 3.63) is 60.7 Å². The number of aromatic nitrogens is 7. The van der Waals surface area contributed by atoms with Gasteiger partial charge in [-0.2, -0.15) is 5.10 Å². The van der Waals surface area contributed by atoms with E-state index in [1.54, 1.807) is 48.1 Å². The standard InChI is InChI=1S/C25H25FN10O/c1-14-20(37-17-6-8-36-21(10-17)30-13-32-36)5-4-18(22(14)26)33-24-23-19(29-12-31-24)11-28-25(34-23)35-9-7-27-15(2)16(35)3/h4-6,8,10-13,15-16,27H,7,9H2,1-3H3,(H,29,31,33)/t15-,16+/m0/s1. The number of fused-ring (bicyclic) bond motifs is 2. The van der Waals surface area contributed by atoms with Crippen LogP contribution in [0.2, 0.25) is 0 Å². The molecular weight excluding hydrogens is 475 g/mol. The van der Waals surface area contributed by atoms with E-state index in [4.69, 9.17) is 9.72 Å². The number of benzene rings is 1. The van der Waals surface area contributed by atoms with Crippen molar-refractivity contribution in [3.63, 3.8) is 0 Å². The maximum absolute atomic E-state index is 15.5. The van der Waals surface area contributed by atoms with Gasteiger partial charge in [-0.15, -0.1) is 0 Å². The zero-order valence-electron chi connectivity index (χ0n) is 20.6. The number of hydrogen-bond donors (Lipinski definition) is 2. The van der Waals surface area contributed by atoms with E-state index in [0.29, 0.717) is 51.6 Å². The summed E-state index contributed by atoms with van der Waals surface area (Å²) in [5.41, 5.74) is 2.32. The third-order valence-electron chi connectivity index (χ3n) is 6.73. The van der Waals surface area contributed by atoms with Gasteiger partial charge in [0, 0.05) is 43.0 Å². The van der Waals surface area contributed by atoms with Gasteiger partial charge in [0.1, 0.15) is 35.2 Å². The third kappa shape index (κ3) is 4.25. The maximum Gasteiger partial charge on any atom is 0.226 e. The van der Waals surface area contributed by atoms with Gasteiger partial charge in [-0.05, 0) is 39.0 Å². The topological polar surface area (TPSA) is 118 Å². The molecule has 12 heteroatoms. The average molecular weight is 501 g/mol. The molecule has 1 saturated heterocycles. The van der Waals surface area contributed by atoms with Gasteiger partial charge in [0.25, 0.3) is 0 Å². The fraction of sp³-hybridized carbons (Fsp3) is 0.280. The van der Waals surface area contributed by atoms with E-state index >= 15 is 4.39 Å². The lowest BCUT2D eigenvalue weighted by atomic mass is 10.1. The molecule has 0 amide bonds. The fourth-order valence-corrected chi connectivity index (χ4v) is 4.40. The Hall–Kier alpha value is -4.45. The molecule has 1 aromatic carbocycles. The molecule has 188 valence electrons. The van der Waals surface area contributed by atoms with Gasteiger partial charge in [0.2, 0.25) is 5.95 Å². The molecule has 6 rings (SSSR count). The average Bonchev–Trinajstić information content (AvgIpc) is 3.38. The number of piperazine rings is 1. The highest BCUT2D eigenvalue weighted by atomic mass is 19.1. The number of nitrogens with one attached hydrogen (secondary N) is 2. The minimum atomic E-state index is -0.452. The Labute approximate surface area is 211 Å². The van der Waals surface area contributed by atoms with E-state index in [1.807, 2.05) is 0 Å². The molecule has 1 fully saturated rings. The Bertz CT molecular complexity index is 1610. The molecule has 5 aromatic rings. The number of hydrogen-bond acceptors (Lipinski definition) is 10. The normalized spacial score (nSPS) is 17.9. The van der Waals surface area contributed by atoms with Gasteiger partial charge < -0.3 is 20.3 Å². The van der Waals surface area contributed by atoms with Crippen LogP contribution in [-0.4, -0.2) is 59.7 Å². The van der Waals surface area contributed by atoms with Crippen LogP contribution in [0.25, 0.3) is 16.7 Å². The first-order chi connectivity index (χ1) is 18.0. The molecule has 2 N–H and O–H groups in total. The molecular formula is C25H25FN10O. The molecule has 0 radical (unpaired) electrons. The van der Waals surface area contributed by atoms with Gasteiger partial charge >= 0.3 is 0 Å². The van der Waals surface area contributed by atoms with Crippen molar-refractivity contribution in [2.24, 2.45) is 0 Å². The minimum Gasteiger partial charge on any atom is -0.457 e. The highest BCUT2D eigenvalue weighted by Gasteiger charge is 2.26. The number of halogens is 1. The molecule has 1 aliphatic heterocycles. The lowest BCUT2D eigenvalue weighted by molar-refractivity contribution is 0.399. The number of rotatable bonds is 5. The summed E-state index contributed by atoms with van der Waals surface area (Å²) in [6.07, 6.45) is 6.28. The van der Waals surface area contributed by atoms with Crippen molar-refractivity contribution in [2.45, 2.75) is 32.9 Å². The van der Waals surface area contributed by atoms with E-state index in [9.17, 15) is 0 Å². The largest absolute Gasteiger partial charge is 0.457 e. The van der Waals surface area contributed by atoms with Crippen LogP contribution in [0, 0.1) is 12.7 Å². The SMILES string of the molecule is Cc1c(Oc2ccn3ncnc3c2)ccc(Nc2ncnc3cnc(N4CCN[C@@H](C)[C@H]4C)nc23)c1F. The molecule has 0 saturated carbocycles. The van der Waals surface area contributed by atoms with E-state index in [0.717, 1.165) is 13.1 Å². The summed E-state index contributed by atoms with van der Waals surface area (Å²) in [4.78, 5) is 24.2. The predicted octanol–water partition coefficient (Wildman–Crippen LogP) is 3.63. The highest BCUT2D eigenvalue weighted by molar-refractivity contribution is 5.87. The fourth-order valence-electron chi connectivity index (χ4n) is 4.40. The summed E-state index contributed by atoms with van der Waals surface area (Å²) < 4.78 is 23.0. The quantitative estimate of drug-likeness (QED) is 0.370. The monoisotopic (exact) mass is 500 g/mol. The number of ether oxygens (including phenoxy) is 1. The Kier molecular flexibility index (Phi) is 5.72. The third-order valence-corrected chi connectivity index (χ3v) is 6.73. The van der Waals surface area contributed by atoms with Crippen LogP contribution in [-0.2, 0) is 0 Å². The summed E-state index contributed by atoms with van der Waals surface area (Å²) in [5, 5.41) is 10.6. The van der Waals surface area contributed by atoms with Crippen molar-refractivity contribution in [3.8, 4) is 11.5 Å². The minimum absolute atomic E-state index is 0.213. The molecule has 4 aromatic heterocycles. The molecule has 1 aliphatic rings. The van der Waals surface area contributed by atoms with Crippen LogP contribution in [0.3, 0.4) is 0 Å². The maximum atomic E-state index is 15.5. The Balaban J connectivity index is 1.29. The number of anilines is 3. The first-order valence-electron chi connectivity index (χ1n) is 12.0. The zero-order chi connectivity index (χ0) is 25.5. The van der Waals surface area contributed by atoms with E-state index in [1.165, 1.54) is 12.7 Å². The van der Waals surface area contributed by atoms with Crippen LogP contribution >= 0.6 is 0 Å². The van der Waals surface area contributed by atoms with Crippen molar-refractivity contribution < 1.29 is 9.13 Å². The molecule has 37 heavy (non-hydrogen) atoms. The summed E-state index contributed by atoms with van der Waals surface area (Å²) in [7, 11) is 0. The second-order valence-corrected chi connectivity index (χ2v) is 9.01. The Morgan fingerprint density at radius 1 is 1.11 bits per heavy atom. The van der Waals surface area contributed by atoms with Gasteiger partial charge in [-0.3, -0.25) is 0 Å². The lowest BCUT2D eigenvalue weighted by Gasteiger charge is -2.38. The van der Waals surface area contributed by atoms with Gasteiger partial charge in [0.05, 0.1) is 11.9 Å². The first-order valence-corrected chi connectivity index (χ1v) is 12.0. The van der Waals surface area contributed by atoms with Crippen LogP contribution in [0.4, 0.5) is 21.8 Å². The Morgan fingerprint density at radius 3 is 2.89 bits per heavy atom. The van der Waals surface area contributed by atoms with Gasteiger partial charge in [0.15, 0.2) is 17.3 Å². The summed E-state index contributed by atoms with van der Waals surface area (Å²) in [5.74, 6) is 1.47. The molecule has 5 heterocycles. The molecule has 0 spiro atoms. The van der Waals surface area contributed by atoms with Crippen molar-refractivity contribution in [1.29, 1.82) is 0 Å². The van der Waals surface area contributed by atoms with Crippen molar-refractivity contribution >= 4 is 34.1 Å². The van der Waals surface area contributed by atoms with E-state index in [2.05, 4.69) is 54.4 Å². The lowest BCUT2D eigenvalue weighted by Crippen LogP contribution is -2.56. The number of nitrogens with zero attached hydrogens (tertiary/aromatic N) is 8. The highest BCUT2D eigenvalue weighted by Crippen LogP contribution is 2.33. The molecule has 0 bridgehead atoms.